The van der Waals surface area contributed by atoms with Crippen molar-refractivity contribution in [1.82, 2.24) is 10.6 Å². The third-order valence-electron chi connectivity index (χ3n) is 3.97. The average Bonchev–Trinajstić information content (AvgIpc) is 2.28. The molecule has 2 N–H and O–H groups in total. The zero-order valence-corrected chi connectivity index (χ0v) is 10.7. The second-order valence-corrected chi connectivity index (χ2v) is 5.88. The summed E-state index contributed by atoms with van der Waals surface area (Å²) in [6.45, 7) is 8.73. The molecule has 2 aliphatic rings. The SMILES string of the molecule is CC1CCNC(CNC2(C)CCCOC2)C1. The second kappa shape index (κ2) is 5.48. The van der Waals surface area contributed by atoms with Gasteiger partial charge in [0.05, 0.1) is 6.61 Å². The first-order chi connectivity index (χ1) is 7.68. The Bertz CT molecular complexity index is 214. The highest BCUT2D eigenvalue weighted by molar-refractivity contribution is 4.88. The number of nitrogens with one attached hydrogen (secondary N) is 2. The van der Waals surface area contributed by atoms with Crippen molar-refractivity contribution in [2.45, 2.75) is 51.1 Å². The highest BCUT2D eigenvalue weighted by atomic mass is 16.5. The number of ether oxygens (including phenoxy) is 1. The molecular formula is C13H26N2O. The van der Waals surface area contributed by atoms with Crippen LogP contribution in [0.5, 0.6) is 0 Å². The molecule has 3 heteroatoms. The molecule has 3 nitrogen and oxygen atoms in total. The molecule has 3 atom stereocenters. The smallest absolute Gasteiger partial charge is 0.0645 e. The second-order valence-electron chi connectivity index (χ2n) is 5.88. The predicted molar refractivity (Wildman–Crippen MR) is 66.6 cm³/mol. The van der Waals surface area contributed by atoms with E-state index in [9.17, 15) is 0 Å². The predicted octanol–water partition coefficient (Wildman–Crippen LogP) is 1.53. The molecular weight excluding hydrogens is 200 g/mol. The minimum atomic E-state index is 0.209. The van der Waals surface area contributed by atoms with Gasteiger partial charge in [-0.25, -0.2) is 0 Å². The van der Waals surface area contributed by atoms with Crippen LogP contribution in [0.25, 0.3) is 0 Å². The number of hydrogen-bond donors (Lipinski definition) is 2. The molecule has 0 amide bonds. The summed E-state index contributed by atoms with van der Waals surface area (Å²) in [6.07, 6.45) is 5.08. The number of hydrogen-bond acceptors (Lipinski definition) is 3. The van der Waals surface area contributed by atoms with Crippen molar-refractivity contribution in [3.8, 4) is 0 Å². The van der Waals surface area contributed by atoms with Crippen LogP contribution in [0.2, 0.25) is 0 Å². The molecule has 2 rings (SSSR count). The Balaban J connectivity index is 1.73. The Labute approximate surface area is 99.3 Å². The zero-order chi connectivity index (χ0) is 11.4. The van der Waals surface area contributed by atoms with Gasteiger partial charge in [-0.05, 0) is 45.1 Å². The Morgan fingerprint density at radius 2 is 2.38 bits per heavy atom. The normalized spacial score (nSPS) is 40.9. The zero-order valence-electron chi connectivity index (χ0n) is 10.7. The maximum Gasteiger partial charge on any atom is 0.0645 e. The fourth-order valence-electron chi connectivity index (χ4n) is 2.82. The molecule has 2 heterocycles. The van der Waals surface area contributed by atoms with Gasteiger partial charge in [0.15, 0.2) is 0 Å². The summed E-state index contributed by atoms with van der Waals surface area (Å²) < 4.78 is 5.56. The lowest BCUT2D eigenvalue weighted by atomic mass is 9.91. The molecule has 0 saturated carbocycles. The van der Waals surface area contributed by atoms with Gasteiger partial charge in [0, 0.05) is 24.7 Å². The van der Waals surface area contributed by atoms with Gasteiger partial charge in [0.2, 0.25) is 0 Å². The van der Waals surface area contributed by atoms with Crippen molar-refractivity contribution in [3.63, 3.8) is 0 Å². The van der Waals surface area contributed by atoms with Gasteiger partial charge >= 0.3 is 0 Å². The molecule has 0 bridgehead atoms. The lowest BCUT2D eigenvalue weighted by molar-refractivity contribution is 0.0269. The largest absolute Gasteiger partial charge is 0.380 e. The van der Waals surface area contributed by atoms with E-state index < -0.39 is 0 Å². The van der Waals surface area contributed by atoms with Crippen molar-refractivity contribution >= 4 is 0 Å². The molecule has 0 aromatic heterocycles. The first-order valence-electron chi connectivity index (χ1n) is 6.74. The van der Waals surface area contributed by atoms with Gasteiger partial charge in [-0.15, -0.1) is 0 Å². The average molecular weight is 226 g/mol. The summed E-state index contributed by atoms with van der Waals surface area (Å²) in [5.41, 5.74) is 0.209. The summed E-state index contributed by atoms with van der Waals surface area (Å²) in [6, 6.07) is 0.655. The van der Waals surface area contributed by atoms with Gasteiger partial charge < -0.3 is 15.4 Å². The summed E-state index contributed by atoms with van der Waals surface area (Å²) in [5.74, 6) is 0.878. The Morgan fingerprint density at radius 1 is 1.50 bits per heavy atom. The van der Waals surface area contributed by atoms with Crippen LogP contribution in [0, 0.1) is 5.92 Å². The molecule has 16 heavy (non-hydrogen) atoms. The molecule has 0 radical (unpaired) electrons. The standard InChI is InChI=1S/C13H26N2O/c1-11-4-6-14-12(8-11)9-15-13(2)5-3-7-16-10-13/h11-12,14-15H,3-10H2,1-2H3. The van der Waals surface area contributed by atoms with Gasteiger partial charge in [0.25, 0.3) is 0 Å². The molecule has 94 valence electrons. The fraction of sp³-hybridized carbons (Fsp3) is 1.00. The first-order valence-corrected chi connectivity index (χ1v) is 6.74. The van der Waals surface area contributed by atoms with Gasteiger partial charge in [0.1, 0.15) is 0 Å². The van der Waals surface area contributed by atoms with Crippen molar-refractivity contribution in [2.75, 3.05) is 26.3 Å². The summed E-state index contributed by atoms with van der Waals surface area (Å²) in [4.78, 5) is 0. The maximum atomic E-state index is 5.56. The summed E-state index contributed by atoms with van der Waals surface area (Å²) >= 11 is 0. The van der Waals surface area contributed by atoms with Crippen LogP contribution >= 0.6 is 0 Å². The molecule has 3 unspecified atom stereocenters. The third kappa shape index (κ3) is 3.44. The third-order valence-corrected chi connectivity index (χ3v) is 3.97. The van der Waals surface area contributed by atoms with E-state index in [1.165, 1.54) is 32.2 Å². The van der Waals surface area contributed by atoms with Gasteiger partial charge in [-0.2, -0.15) is 0 Å². The lowest BCUT2D eigenvalue weighted by Gasteiger charge is -2.37. The molecule has 0 spiro atoms. The lowest BCUT2D eigenvalue weighted by Crippen LogP contribution is -2.54. The maximum absolute atomic E-state index is 5.56. The fourth-order valence-corrected chi connectivity index (χ4v) is 2.82. The quantitative estimate of drug-likeness (QED) is 0.766. The van der Waals surface area contributed by atoms with E-state index in [2.05, 4.69) is 24.5 Å². The van der Waals surface area contributed by atoms with Crippen LogP contribution in [0.1, 0.15) is 39.5 Å². The van der Waals surface area contributed by atoms with E-state index >= 15 is 0 Å². The van der Waals surface area contributed by atoms with Crippen molar-refractivity contribution in [3.05, 3.63) is 0 Å². The first kappa shape index (κ1) is 12.3. The van der Waals surface area contributed by atoms with Gasteiger partial charge in [-0.1, -0.05) is 6.92 Å². The monoisotopic (exact) mass is 226 g/mol. The molecule has 2 fully saturated rings. The van der Waals surface area contributed by atoms with E-state index in [-0.39, 0.29) is 5.54 Å². The van der Waals surface area contributed by atoms with E-state index in [4.69, 9.17) is 4.74 Å². The van der Waals surface area contributed by atoms with Crippen molar-refractivity contribution in [2.24, 2.45) is 5.92 Å². The van der Waals surface area contributed by atoms with Crippen LogP contribution < -0.4 is 10.6 Å². The van der Waals surface area contributed by atoms with Crippen LogP contribution in [0.4, 0.5) is 0 Å². The van der Waals surface area contributed by atoms with Crippen LogP contribution in [0.3, 0.4) is 0 Å². The molecule has 0 aromatic rings. The number of piperidine rings is 1. The Hall–Kier alpha value is -0.120. The number of rotatable bonds is 3. The summed E-state index contributed by atoms with van der Waals surface area (Å²) in [5, 5.41) is 7.30. The van der Waals surface area contributed by atoms with Crippen molar-refractivity contribution < 1.29 is 4.74 Å². The van der Waals surface area contributed by atoms with Gasteiger partial charge in [-0.3, -0.25) is 0 Å². The highest BCUT2D eigenvalue weighted by Gasteiger charge is 2.28. The van der Waals surface area contributed by atoms with E-state index in [1.807, 2.05) is 0 Å². The molecule has 0 aromatic carbocycles. The van der Waals surface area contributed by atoms with Crippen molar-refractivity contribution in [1.29, 1.82) is 0 Å². The summed E-state index contributed by atoms with van der Waals surface area (Å²) in [7, 11) is 0. The highest BCUT2D eigenvalue weighted by Crippen LogP contribution is 2.19. The molecule has 0 aliphatic carbocycles. The molecule has 2 saturated heterocycles. The van der Waals surface area contributed by atoms with Crippen LogP contribution in [-0.4, -0.2) is 37.9 Å². The minimum absolute atomic E-state index is 0.209. The van der Waals surface area contributed by atoms with E-state index in [1.54, 1.807) is 0 Å². The van der Waals surface area contributed by atoms with Crippen LogP contribution in [0.15, 0.2) is 0 Å². The Morgan fingerprint density at radius 3 is 3.06 bits per heavy atom. The van der Waals surface area contributed by atoms with E-state index in [0.29, 0.717) is 6.04 Å². The Kier molecular flexibility index (Phi) is 4.22. The molecule has 2 aliphatic heterocycles. The van der Waals surface area contributed by atoms with Crippen LogP contribution in [-0.2, 0) is 4.74 Å². The topological polar surface area (TPSA) is 33.3 Å². The van der Waals surface area contributed by atoms with E-state index in [0.717, 1.165) is 25.7 Å². The minimum Gasteiger partial charge on any atom is -0.380 e.